The minimum absolute atomic E-state index is 0.0192. The summed E-state index contributed by atoms with van der Waals surface area (Å²) in [4.78, 5) is 42.5. The quantitative estimate of drug-likeness (QED) is 0.689. The summed E-state index contributed by atoms with van der Waals surface area (Å²) in [5.74, 6) is -2.06. The number of halogens is 4. The van der Waals surface area contributed by atoms with E-state index < -0.39 is 41.3 Å². The fourth-order valence-electron chi connectivity index (χ4n) is 4.16. The number of hydrogen-bond donors (Lipinski definition) is 1. The van der Waals surface area contributed by atoms with Gasteiger partial charge in [0.25, 0.3) is 5.91 Å². The molecule has 1 N–H and O–H groups in total. The number of anilines is 2. The van der Waals surface area contributed by atoms with Gasteiger partial charge >= 0.3 is 6.18 Å². The predicted molar refractivity (Wildman–Crippen MR) is 116 cm³/mol. The van der Waals surface area contributed by atoms with E-state index in [1.807, 2.05) is 4.90 Å². The minimum atomic E-state index is -4.58. The fraction of sp³-hybridized carbons (Fsp3) is 0.348. The van der Waals surface area contributed by atoms with Crippen molar-refractivity contribution < 1.29 is 31.9 Å². The lowest BCUT2D eigenvalue weighted by Crippen LogP contribution is -2.57. The van der Waals surface area contributed by atoms with Crippen LogP contribution in [-0.4, -0.2) is 66.3 Å². The molecule has 0 aliphatic carbocycles. The average molecular weight is 478 g/mol. The molecule has 7 nitrogen and oxygen atoms in total. The van der Waals surface area contributed by atoms with E-state index in [1.165, 1.54) is 34.1 Å². The van der Waals surface area contributed by atoms with E-state index in [0.29, 0.717) is 13.1 Å². The summed E-state index contributed by atoms with van der Waals surface area (Å²) in [5.41, 5.74) is -0.830. The topological polar surface area (TPSA) is 73.0 Å². The third-order valence-electron chi connectivity index (χ3n) is 6.07. The maximum Gasteiger partial charge on any atom is 0.416 e. The van der Waals surface area contributed by atoms with E-state index in [-0.39, 0.29) is 36.6 Å². The zero-order chi connectivity index (χ0) is 24.6. The molecule has 2 aromatic rings. The van der Waals surface area contributed by atoms with Gasteiger partial charge in [-0.25, -0.2) is 4.39 Å². The Balaban J connectivity index is 1.45. The van der Waals surface area contributed by atoms with Crippen molar-refractivity contribution in [2.75, 3.05) is 42.9 Å². The first-order valence-electron chi connectivity index (χ1n) is 10.7. The summed E-state index contributed by atoms with van der Waals surface area (Å²) in [6.07, 6.45) is -4.58. The van der Waals surface area contributed by atoms with Crippen molar-refractivity contribution in [1.82, 2.24) is 9.80 Å². The van der Waals surface area contributed by atoms with Gasteiger partial charge in [-0.15, -0.1) is 0 Å². The van der Waals surface area contributed by atoms with Gasteiger partial charge in [0.05, 0.1) is 28.5 Å². The summed E-state index contributed by atoms with van der Waals surface area (Å²) >= 11 is 0. The molecule has 0 radical (unpaired) electrons. The highest BCUT2D eigenvalue weighted by Crippen LogP contribution is 2.37. The molecule has 2 aliphatic heterocycles. The molecular formula is C23H22F4N4O3. The van der Waals surface area contributed by atoms with Crippen LogP contribution in [0.2, 0.25) is 0 Å². The Bertz CT molecular complexity index is 1130. The van der Waals surface area contributed by atoms with Gasteiger partial charge < -0.3 is 10.2 Å². The molecule has 1 atom stereocenters. The van der Waals surface area contributed by atoms with Crippen LogP contribution in [0.15, 0.2) is 42.5 Å². The van der Waals surface area contributed by atoms with Gasteiger partial charge in [0.1, 0.15) is 12.4 Å². The number of alkyl halides is 3. The largest absolute Gasteiger partial charge is 0.416 e. The monoisotopic (exact) mass is 478 g/mol. The van der Waals surface area contributed by atoms with Gasteiger partial charge in [-0.3, -0.25) is 24.2 Å². The summed E-state index contributed by atoms with van der Waals surface area (Å²) in [7, 11) is 0. The molecule has 11 heteroatoms. The van der Waals surface area contributed by atoms with Crippen LogP contribution in [0.5, 0.6) is 0 Å². The van der Waals surface area contributed by atoms with Crippen molar-refractivity contribution in [3.05, 3.63) is 59.4 Å². The van der Waals surface area contributed by atoms with Crippen LogP contribution < -0.4 is 10.2 Å². The second-order valence-corrected chi connectivity index (χ2v) is 8.19. The molecular weight excluding hydrogens is 456 g/mol. The second-order valence-electron chi connectivity index (χ2n) is 8.19. The maximum absolute atomic E-state index is 14.0. The third-order valence-corrected chi connectivity index (χ3v) is 6.07. The lowest BCUT2D eigenvalue weighted by Gasteiger charge is -2.39. The number of piperazine rings is 1. The van der Waals surface area contributed by atoms with Crippen LogP contribution in [-0.2, 0) is 15.8 Å². The highest BCUT2D eigenvalue weighted by atomic mass is 19.4. The number of rotatable bonds is 3. The van der Waals surface area contributed by atoms with Crippen molar-refractivity contribution in [2.24, 2.45) is 0 Å². The van der Waals surface area contributed by atoms with Crippen molar-refractivity contribution in [2.45, 2.75) is 19.1 Å². The highest BCUT2D eigenvalue weighted by Gasteiger charge is 2.37. The summed E-state index contributed by atoms with van der Waals surface area (Å²) < 4.78 is 53.1. The highest BCUT2D eigenvalue weighted by molar-refractivity contribution is 6.11. The molecule has 180 valence electrons. The smallest absolute Gasteiger partial charge is 0.336 e. The van der Waals surface area contributed by atoms with E-state index in [0.717, 1.165) is 12.1 Å². The number of carbonyl (C=O) groups excluding carboxylic acids is 3. The number of amides is 3. The Morgan fingerprint density at radius 3 is 2.35 bits per heavy atom. The number of nitrogens with one attached hydrogen (secondary N) is 1. The summed E-state index contributed by atoms with van der Waals surface area (Å²) in [6, 6.07) is 7.88. The van der Waals surface area contributed by atoms with Crippen LogP contribution in [0.3, 0.4) is 0 Å². The van der Waals surface area contributed by atoms with Crippen LogP contribution in [0.1, 0.15) is 22.8 Å². The normalized spacial score (nSPS) is 17.7. The minimum Gasteiger partial charge on any atom is -0.336 e. The third kappa shape index (κ3) is 4.60. The molecule has 2 aromatic carbocycles. The first-order valence-corrected chi connectivity index (χ1v) is 10.7. The van der Waals surface area contributed by atoms with Gasteiger partial charge in [-0.2, -0.15) is 13.2 Å². The van der Waals surface area contributed by atoms with Gasteiger partial charge in [0.2, 0.25) is 11.8 Å². The second kappa shape index (κ2) is 9.05. The van der Waals surface area contributed by atoms with Crippen molar-refractivity contribution in [1.29, 1.82) is 0 Å². The van der Waals surface area contributed by atoms with Crippen LogP contribution >= 0.6 is 0 Å². The number of nitrogens with zero attached hydrogens (tertiary/aromatic N) is 3. The van der Waals surface area contributed by atoms with Crippen LogP contribution in [0, 0.1) is 5.82 Å². The maximum atomic E-state index is 14.0. The van der Waals surface area contributed by atoms with E-state index in [9.17, 15) is 31.9 Å². The number of benzene rings is 2. The first-order chi connectivity index (χ1) is 16.1. The molecule has 0 saturated carbocycles. The van der Waals surface area contributed by atoms with E-state index >= 15 is 0 Å². The van der Waals surface area contributed by atoms with Gasteiger partial charge in [-0.1, -0.05) is 12.1 Å². The molecule has 0 aromatic heterocycles. The van der Waals surface area contributed by atoms with Crippen molar-refractivity contribution in [3.63, 3.8) is 0 Å². The van der Waals surface area contributed by atoms with Crippen LogP contribution in [0.4, 0.5) is 28.9 Å². The number of hydrogen-bond acceptors (Lipinski definition) is 4. The van der Waals surface area contributed by atoms with Gasteiger partial charge in [0.15, 0.2) is 0 Å². The van der Waals surface area contributed by atoms with Gasteiger partial charge in [0, 0.05) is 26.2 Å². The first kappa shape index (κ1) is 23.7. The van der Waals surface area contributed by atoms with E-state index in [2.05, 4.69) is 5.32 Å². The van der Waals surface area contributed by atoms with Crippen molar-refractivity contribution in [3.8, 4) is 0 Å². The Labute approximate surface area is 192 Å². The molecule has 0 bridgehead atoms. The molecule has 1 fully saturated rings. The van der Waals surface area contributed by atoms with E-state index in [1.54, 1.807) is 13.0 Å². The Kier molecular flexibility index (Phi) is 6.30. The van der Waals surface area contributed by atoms with Gasteiger partial charge in [-0.05, 0) is 37.3 Å². The molecule has 1 unspecified atom stereocenters. The molecule has 0 spiro atoms. The Morgan fingerprint density at radius 2 is 1.71 bits per heavy atom. The molecule has 4 rings (SSSR count). The zero-order valence-electron chi connectivity index (χ0n) is 18.2. The number of fused-ring (bicyclic) bond motifs is 1. The summed E-state index contributed by atoms with van der Waals surface area (Å²) in [5, 5.41) is 2.39. The Morgan fingerprint density at radius 1 is 1.03 bits per heavy atom. The number of carbonyl (C=O) groups is 3. The molecule has 1 saturated heterocycles. The molecule has 3 amide bonds. The fourth-order valence-corrected chi connectivity index (χ4v) is 4.16. The summed E-state index contributed by atoms with van der Waals surface area (Å²) in [6.45, 7) is 2.56. The van der Waals surface area contributed by atoms with Crippen molar-refractivity contribution >= 4 is 29.1 Å². The van der Waals surface area contributed by atoms with Crippen LogP contribution in [0.25, 0.3) is 0 Å². The standard InChI is InChI=1S/C23H22F4N4O3/c1-14(29-8-10-30(11-9-29)22(34)16-4-2-3-5-17(16)24)21(33)31-13-20(32)28-18-12-15(23(25,26)27)6-7-19(18)31/h2-7,12,14H,8-11,13H2,1H3,(H,28,32). The lowest BCUT2D eigenvalue weighted by atomic mass is 10.1. The average Bonchev–Trinajstić information content (AvgIpc) is 2.81. The zero-order valence-corrected chi connectivity index (χ0v) is 18.2. The predicted octanol–water partition coefficient (Wildman–Crippen LogP) is 2.98. The molecule has 2 aliphatic rings. The lowest BCUT2D eigenvalue weighted by molar-refractivity contribution is -0.137. The molecule has 34 heavy (non-hydrogen) atoms. The van der Waals surface area contributed by atoms with E-state index in [4.69, 9.17) is 0 Å². The molecule has 2 heterocycles. The SMILES string of the molecule is CC(C(=O)N1CC(=O)Nc2cc(C(F)(F)F)ccc21)N1CCN(C(=O)c2ccccc2F)CC1. The Hall–Kier alpha value is -3.47.